The van der Waals surface area contributed by atoms with E-state index in [9.17, 15) is 4.79 Å². The summed E-state index contributed by atoms with van der Waals surface area (Å²) in [6, 6.07) is 7.37. The van der Waals surface area contributed by atoms with Gasteiger partial charge in [0, 0.05) is 18.3 Å². The zero-order chi connectivity index (χ0) is 14.7. The minimum Gasteiger partial charge on any atom is -0.463 e. The largest absolute Gasteiger partial charge is 0.463 e. The third-order valence-corrected chi connectivity index (χ3v) is 3.77. The Morgan fingerprint density at radius 1 is 1.38 bits per heavy atom. The van der Waals surface area contributed by atoms with Gasteiger partial charge in [-0.1, -0.05) is 10.6 Å². The Labute approximate surface area is 125 Å². The van der Waals surface area contributed by atoms with Gasteiger partial charge in [0.1, 0.15) is 10.6 Å². The van der Waals surface area contributed by atoms with Crippen LogP contribution in [0.25, 0.3) is 11.5 Å². The normalized spacial score (nSPS) is 10.5. The topological polar surface area (TPSA) is 80.9 Å². The molecule has 1 N–H and O–H groups in total. The van der Waals surface area contributed by atoms with Crippen LogP contribution in [0.4, 0.5) is 0 Å². The van der Waals surface area contributed by atoms with Gasteiger partial charge in [-0.25, -0.2) is 0 Å². The van der Waals surface area contributed by atoms with Gasteiger partial charge in [-0.3, -0.25) is 9.78 Å². The second-order valence-corrected chi connectivity index (χ2v) is 5.11. The molecule has 0 saturated carbocycles. The molecule has 6 nitrogen and oxygen atoms in total. The van der Waals surface area contributed by atoms with Crippen molar-refractivity contribution < 1.29 is 9.21 Å². The Hall–Kier alpha value is -2.54. The first-order valence-electron chi connectivity index (χ1n) is 6.30. The molecule has 3 rings (SSSR count). The molecule has 0 radical (unpaired) electrons. The van der Waals surface area contributed by atoms with E-state index in [1.807, 2.05) is 18.2 Å². The smallest absolute Gasteiger partial charge is 0.265 e. The molecular weight excluding hydrogens is 288 g/mol. The number of pyridine rings is 1. The fourth-order valence-corrected chi connectivity index (χ4v) is 2.48. The lowest BCUT2D eigenvalue weighted by Crippen LogP contribution is -2.23. The van der Waals surface area contributed by atoms with E-state index in [1.54, 1.807) is 25.5 Å². The van der Waals surface area contributed by atoms with Crippen LogP contribution >= 0.6 is 11.5 Å². The van der Waals surface area contributed by atoms with Crippen molar-refractivity contribution >= 4 is 17.4 Å². The van der Waals surface area contributed by atoms with Crippen LogP contribution in [0.2, 0.25) is 0 Å². The minimum atomic E-state index is -0.184. The molecule has 0 unspecified atom stereocenters. The summed E-state index contributed by atoms with van der Waals surface area (Å²) in [4.78, 5) is 16.9. The molecule has 0 aliphatic carbocycles. The molecule has 0 aliphatic rings. The Morgan fingerprint density at radius 2 is 2.29 bits per heavy atom. The first-order valence-corrected chi connectivity index (χ1v) is 7.08. The molecule has 0 spiro atoms. The second kappa shape index (κ2) is 5.84. The van der Waals surface area contributed by atoms with E-state index in [1.165, 1.54) is 0 Å². The lowest BCUT2D eigenvalue weighted by atomic mass is 10.1. The monoisotopic (exact) mass is 300 g/mol. The maximum absolute atomic E-state index is 12.1. The minimum absolute atomic E-state index is 0.184. The van der Waals surface area contributed by atoms with Gasteiger partial charge in [0.25, 0.3) is 5.91 Å². The van der Waals surface area contributed by atoms with E-state index in [2.05, 4.69) is 19.9 Å². The van der Waals surface area contributed by atoms with Crippen molar-refractivity contribution in [2.24, 2.45) is 0 Å². The highest BCUT2D eigenvalue weighted by Gasteiger charge is 2.14. The van der Waals surface area contributed by atoms with Gasteiger partial charge in [0.15, 0.2) is 5.76 Å². The van der Waals surface area contributed by atoms with Crippen molar-refractivity contribution in [1.82, 2.24) is 19.9 Å². The Balaban J connectivity index is 1.77. The third-order valence-electron chi connectivity index (χ3n) is 2.94. The van der Waals surface area contributed by atoms with Crippen LogP contribution in [-0.4, -0.2) is 20.5 Å². The average molecular weight is 300 g/mol. The van der Waals surface area contributed by atoms with E-state index in [4.69, 9.17) is 4.42 Å². The predicted molar refractivity (Wildman–Crippen MR) is 77.8 cm³/mol. The highest BCUT2D eigenvalue weighted by molar-refractivity contribution is 7.07. The van der Waals surface area contributed by atoms with Crippen molar-refractivity contribution in [3.63, 3.8) is 0 Å². The van der Waals surface area contributed by atoms with Crippen molar-refractivity contribution in [3.05, 3.63) is 52.9 Å². The molecule has 106 valence electrons. The van der Waals surface area contributed by atoms with Crippen molar-refractivity contribution in [1.29, 1.82) is 0 Å². The molecule has 0 aliphatic heterocycles. The third kappa shape index (κ3) is 2.82. The zero-order valence-electron chi connectivity index (χ0n) is 11.2. The lowest BCUT2D eigenvalue weighted by molar-refractivity contribution is 0.0954. The van der Waals surface area contributed by atoms with Crippen LogP contribution in [0.15, 0.2) is 41.1 Å². The van der Waals surface area contributed by atoms with Crippen LogP contribution < -0.4 is 5.32 Å². The summed E-state index contributed by atoms with van der Waals surface area (Å²) in [6.45, 7) is 2.12. The molecule has 3 aromatic heterocycles. The molecule has 7 heteroatoms. The number of carbonyl (C=O) groups excluding carboxylic acids is 1. The van der Waals surface area contributed by atoms with Gasteiger partial charge >= 0.3 is 0 Å². The molecule has 3 aromatic rings. The van der Waals surface area contributed by atoms with Gasteiger partial charge in [-0.2, -0.15) is 0 Å². The Bertz CT molecular complexity index is 752. The number of furan rings is 1. The zero-order valence-corrected chi connectivity index (χ0v) is 12.1. The number of rotatable bonds is 4. The summed E-state index contributed by atoms with van der Waals surface area (Å²) in [5, 5.41) is 6.69. The van der Waals surface area contributed by atoms with Crippen LogP contribution in [0.1, 0.15) is 20.9 Å². The molecule has 21 heavy (non-hydrogen) atoms. The van der Waals surface area contributed by atoms with Gasteiger partial charge in [0.05, 0.1) is 12.0 Å². The Morgan fingerprint density at radius 3 is 3.00 bits per heavy atom. The highest BCUT2D eigenvalue weighted by Crippen LogP contribution is 2.21. The highest BCUT2D eigenvalue weighted by atomic mass is 32.1. The first-order chi connectivity index (χ1) is 10.3. The van der Waals surface area contributed by atoms with Crippen LogP contribution in [0, 0.1) is 6.92 Å². The summed E-state index contributed by atoms with van der Waals surface area (Å²) >= 11 is 1.09. The van der Waals surface area contributed by atoms with E-state index in [-0.39, 0.29) is 5.91 Å². The summed E-state index contributed by atoms with van der Waals surface area (Å²) in [7, 11) is 0. The summed E-state index contributed by atoms with van der Waals surface area (Å²) in [5.74, 6) is 0.493. The number of hydrogen-bond acceptors (Lipinski definition) is 6. The van der Waals surface area contributed by atoms with Gasteiger partial charge in [-0.15, -0.1) is 5.10 Å². The van der Waals surface area contributed by atoms with Crippen molar-refractivity contribution in [2.45, 2.75) is 13.5 Å². The Kier molecular flexibility index (Phi) is 3.74. The van der Waals surface area contributed by atoms with Crippen molar-refractivity contribution in [2.75, 3.05) is 0 Å². The van der Waals surface area contributed by atoms with Gasteiger partial charge < -0.3 is 9.73 Å². The number of aryl methyl sites for hydroxylation is 1. The molecule has 0 aromatic carbocycles. The number of nitrogens with one attached hydrogen (secondary N) is 1. The molecule has 1 amide bonds. The van der Waals surface area contributed by atoms with Crippen molar-refractivity contribution in [3.8, 4) is 11.5 Å². The SMILES string of the molecule is Cc1nnsc1C(=O)NCc1cccnc1-c1ccco1. The van der Waals surface area contributed by atoms with E-state index >= 15 is 0 Å². The predicted octanol–water partition coefficient (Wildman–Crippen LogP) is 2.43. The molecule has 0 atom stereocenters. The first kappa shape index (κ1) is 13.4. The average Bonchev–Trinajstić information content (AvgIpc) is 3.16. The fraction of sp³-hybridized carbons (Fsp3) is 0.143. The van der Waals surface area contributed by atoms with Crippen LogP contribution in [0.3, 0.4) is 0 Å². The van der Waals surface area contributed by atoms with E-state index < -0.39 is 0 Å². The number of aromatic nitrogens is 3. The number of carbonyl (C=O) groups is 1. The van der Waals surface area contributed by atoms with Crippen LogP contribution in [-0.2, 0) is 6.54 Å². The molecule has 0 fully saturated rings. The summed E-state index contributed by atoms with van der Waals surface area (Å²) in [6.07, 6.45) is 3.29. The maximum Gasteiger partial charge on any atom is 0.265 e. The number of hydrogen-bond donors (Lipinski definition) is 1. The fourth-order valence-electron chi connectivity index (χ4n) is 1.91. The van der Waals surface area contributed by atoms with Crippen LogP contribution in [0.5, 0.6) is 0 Å². The maximum atomic E-state index is 12.1. The van der Waals surface area contributed by atoms with E-state index in [0.717, 1.165) is 22.8 Å². The molecule has 3 heterocycles. The molecular formula is C14H12N4O2S. The van der Waals surface area contributed by atoms with Gasteiger partial charge in [0.2, 0.25) is 0 Å². The van der Waals surface area contributed by atoms with Gasteiger partial charge in [-0.05, 0) is 36.7 Å². The van der Waals surface area contributed by atoms with E-state index in [0.29, 0.717) is 22.9 Å². The molecule has 0 bridgehead atoms. The number of amides is 1. The second-order valence-electron chi connectivity index (χ2n) is 4.36. The lowest BCUT2D eigenvalue weighted by Gasteiger charge is -2.07. The number of nitrogens with zero attached hydrogens (tertiary/aromatic N) is 3. The molecule has 0 saturated heterocycles. The quantitative estimate of drug-likeness (QED) is 0.800. The standard InChI is InChI=1S/C14H12N4O2S/c1-9-13(21-18-17-9)14(19)16-8-10-4-2-6-15-12(10)11-5-3-7-20-11/h2-7H,8H2,1H3,(H,16,19). The summed E-state index contributed by atoms with van der Waals surface area (Å²) < 4.78 is 9.12. The summed E-state index contributed by atoms with van der Waals surface area (Å²) in [5.41, 5.74) is 2.24.